The van der Waals surface area contributed by atoms with Crippen molar-refractivity contribution in [1.29, 1.82) is 0 Å². The molecule has 1 aromatic carbocycles. The van der Waals surface area contributed by atoms with E-state index in [1.54, 1.807) is 4.90 Å². The molecule has 0 bridgehead atoms. The number of hydrogen-bond acceptors (Lipinski definition) is 3. The maximum atomic E-state index is 12.7. The van der Waals surface area contributed by atoms with Gasteiger partial charge in [0.05, 0.1) is 5.92 Å². The molecule has 2 amide bonds. The first-order chi connectivity index (χ1) is 10.1. The van der Waals surface area contributed by atoms with Gasteiger partial charge in [-0.15, -0.1) is 0 Å². The van der Waals surface area contributed by atoms with Crippen molar-refractivity contribution in [2.45, 2.75) is 32.4 Å². The highest BCUT2D eigenvalue weighted by atomic mass is 16.2. The molecule has 3 atom stereocenters. The molecule has 1 fully saturated rings. The number of amides is 2. The summed E-state index contributed by atoms with van der Waals surface area (Å²) in [5.41, 5.74) is 7.16. The SMILES string of the molecule is CCC1C(=O)NCCN1C(=O)C(C)C(N)c1ccccc1. The molecule has 0 spiro atoms. The van der Waals surface area contributed by atoms with Gasteiger partial charge in [0.2, 0.25) is 11.8 Å². The van der Waals surface area contributed by atoms with Crippen molar-refractivity contribution in [1.82, 2.24) is 10.2 Å². The van der Waals surface area contributed by atoms with Gasteiger partial charge in [-0.3, -0.25) is 9.59 Å². The number of nitrogens with one attached hydrogen (secondary N) is 1. The highest BCUT2D eigenvalue weighted by molar-refractivity contribution is 5.89. The van der Waals surface area contributed by atoms with E-state index in [1.807, 2.05) is 44.2 Å². The van der Waals surface area contributed by atoms with Gasteiger partial charge in [0, 0.05) is 19.1 Å². The van der Waals surface area contributed by atoms with Crippen LogP contribution >= 0.6 is 0 Å². The highest BCUT2D eigenvalue weighted by Crippen LogP contribution is 2.23. The largest absolute Gasteiger partial charge is 0.353 e. The van der Waals surface area contributed by atoms with E-state index in [1.165, 1.54) is 0 Å². The Morgan fingerprint density at radius 2 is 2.10 bits per heavy atom. The minimum atomic E-state index is -0.378. The predicted octanol–water partition coefficient (Wildman–Crippen LogP) is 1.06. The fraction of sp³-hybridized carbons (Fsp3) is 0.500. The van der Waals surface area contributed by atoms with Crippen molar-refractivity contribution < 1.29 is 9.59 Å². The summed E-state index contributed by atoms with van der Waals surface area (Å²) in [5.74, 6) is -0.474. The maximum absolute atomic E-state index is 12.7. The molecule has 1 heterocycles. The lowest BCUT2D eigenvalue weighted by Gasteiger charge is -2.37. The van der Waals surface area contributed by atoms with E-state index in [-0.39, 0.29) is 29.8 Å². The Morgan fingerprint density at radius 3 is 2.71 bits per heavy atom. The van der Waals surface area contributed by atoms with E-state index in [2.05, 4.69) is 5.32 Å². The molecule has 5 heteroatoms. The van der Waals surface area contributed by atoms with Crippen LogP contribution < -0.4 is 11.1 Å². The van der Waals surface area contributed by atoms with Crippen molar-refractivity contribution >= 4 is 11.8 Å². The van der Waals surface area contributed by atoms with Crippen LogP contribution in [0, 0.1) is 5.92 Å². The van der Waals surface area contributed by atoms with Gasteiger partial charge in [-0.1, -0.05) is 44.2 Å². The molecule has 21 heavy (non-hydrogen) atoms. The summed E-state index contributed by atoms with van der Waals surface area (Å²) in [7, 11) is 0. The van der Waals surface area contributed by atoms with Crippen molar-refractivity contribution in [3.05, 3.63) is 35.9 Å². The third-order valence-corrected chi connectivity index (χ3v) is 4.11. The van der Waals surface area contributed by atoms with Crippen LogP contribution in [-0.2, 0) is 9.59 Å². The molecule has 1 saturated heterocycles. The molecular formula is C16H23N3O2. The van der Waals surface area contributed by atoms with E-state index < -0.39 is 0 Å². The number of nitrogens with two attached hydrogens (primary N) is 1. The summed E-state index contributed by atoms with van der Waals surface area (Å²) in [6.45, 7) is 4.81. The van der Waals surface area contributed by atoms with Crippen LogP contribution in [0.1, 0.15) is 31.9 Å². The second-order valence-corrected chi connectivity index (χ2v) is 5.47. The Morgan fingerprint density at radius 1 is 1.43 bits per heavy atom. The normalized spacial score (nSPS) is 21.6. The predicted molar refractivity (Wildman–Crippen MR) is 81.3 cm³/mol. The molecular weight excluding hydrogens is 266 g/mol. The van der Waals surface area contributed by atoms with E-state index in [0.29, 0.717) is 19.5 Å². The third-order valence-electron chi connectivity index (χ3n) is 4.11. The van der Waals surface area contributed by atoms with E-state index in [0.717, 1.165) is 5.56 Å². The first-order valence-electron chi connectivity index (χ1n) is 7.45. The van der Waals surface area contributed by atoms with Gasteiger partial charge in [-0.25, -0.2) is 0 Å². The first kappa shape index (κ1) is 15.5. The van der Waals surface area contributed by atoms with Crippen LogP contribution in [0.25, 0.3) is 0 Å². The highest BCUT2D eigenvalue weighted by Gasteiger charge is 2.35. The summed E-state index contributed by atoms with van der Waals surface area (Å²) >= 11 is 0. The fourth-order valence-electron chi connectivity index (χ4n) is 2.76. The number of hydrogen-bond donors (Lipinski definition) is 2. The van der Waals surface area contributed by atoms with Gasteiger partial charge in [-0.05, 0) is 12.0 Å². The van der Waals surface area contributed by atoms with Crippen molar-refractivity contribution in [2.24, 2.45) is 11.7 Å². The number of carbonyl (C=O) groups excluding carboxylic acids is 2. The molecule has 1 aliphatic rings. The summed E-state index contributed by atoms with van der Waals surface area (Å²) in [4.78, 5) is 26.2. The minimum absolute atomic E-state index is 0.0481. The lowest BCUT2D eigenvalue weighted by Crippen LogP contribution is -2.58. The topological polar surface area (TPSA) is 75.4 Å². The van der Waals surface area contributed by atoms with Gasteiger partial charge in [-0.2, -0.15) is 0 Å². The van der Waals surface area contributed by atoms with Gasteiger partial charge >= 0.3 is 0 Å². The number of nitrogens with zero attached hydrogens (tertiary/aromatic N) is 1. The summed E-state index contributed by atoms with van der Waals surface area (Å²) in [6, 6.07) is 8.86. The Bertz CT molecular complexity index is 504. The monoisotopic (exact) mass is 289 g/mol. The summed E-state index contributed by atoms with van der Waals surface area (Å²) in [5, 5.41) is 2.80. The van der Waals surface area contributed by atoms with Crippen LogP contribution in [0.5, 0.6) is 0 Å². The quantitative estimate of drug-likeness (QED) is 0.870. The average molecular weight is 289 g/mol. The van der Waals surface area contributed by atoms with E-state index >= 15 is 0 Å². The molecule has 3 N–H and O–H groups in total. The number of benzene rings is 1. The van der Waals surface area contributed by atoms with Crippen molar-refractivity contribution in [2.75, 3.05) is 13.1 Å². The summed E-state index contributed by atoms with van der Waals surface area (Å²) in [6.07, 6.45) is 0.616. The summed E-state index contributed by atoms with van der Waals surface area (Å²) < 4.78 is 0. The lowest BCUT2D eigenvalue weighted by atomic mass is 9.93. The lowest BCUT2D eigenvalue weighted by molar-refractivity contribution is -0.146. The second-order valence-electron chi connectivity index (χ2n) is 5.47. The van der Waals surface area contributed by atoms with Gasteiger partial charge in [0.25, 0.3) is 0 Å². The molecule has 0 aliphatic carbocycles. The van der Waals surface area contributed by atoms with Crippen LogP contribution in [-0.4, -0.2) is 35.8 Å². The fourth-order valence-corrected chi connectivity index (χ4v) is 2.76. The van der Waals surface area contributed by atoms with Gasteiger partial charge < -0.3 is 16.0 Å². The zero-order valence-electron chi connectivity index (χ0n) is 12.6. The molecule has 114 valence electrons. The minimum Gasteiger partial charge on any atom is -0.353 e. The Kier molecular flexibility index (Phi) is 4.96. The Hall–Kier alpha value is -1.88. The van der Waals surface area contributed by atoms with Crippen LogP contribution in [0.3, 0.4) is 0 Å². The van der Waals surface area contributed by atoms with Crippen LogP contribution in [0.15, 0.2) is 30.3 Å². The van der Waals surface area contributed by atoms with Crippen molar-refractivity contribution in [3.63, 3.8) is 0 Å². The Labute approximate surface area is 125 Å². The zero-order valence-corrected chi connectivity index (χ0v) is 12.6. The van der Waals surface area contributed by atoms with Crippen LogP contribution in [0.2, 0.25) is 0 Å². The van der Waals surface area contributed by atoms with Crippen LogP contribution in [0.4, 0.5) is 0 Å². The standard InChI is InChI=1S/C16H23N3O2/c1-3-13-15(20)18-9-10-19(13)16(21)11(2)14(17)12-7-5-4-6-8-12/h4-8,11,13-14H,3,9-10,17H2,1-2H3,(H,18,20). The zero-order chi connectivity index (χ0) is 15.4. The number of piperazine rings is 1. The van der Waals surface area contributed by atoms with E-state index in [9.17, 15) is 9.59 Å². The molecule has 0 saturated carbocycles. The van der Waals surface area contributed by atoms with Gasteiger partial charge in [0.15, 0.2) is 0 Å². The molecule has 3 unspecified atom stereocenters. The average Bonchev–Trinajstić information content (AvgIpc) is 2.53. The molecule has 0 radical (unpaired) electrons. The molecule has 5 nitrogen and oxygen atoms in total. The Balaban J connectivity index is 2.13. The van der Waals surface area contributed by atoms with Crippen molar-refractivity contribution in [3.8, 4) is 0 Å². The third kappa shape index (κ3) is 3.24. The first-order valence-corrected chi connectivity index (χ1v) is 7.45. The molecule has 1 aliphatic heterocycles. The molecule has 0 aromatic heterocycles. The smallest absolute Gasteiger partial charge is 0.242 e. The molecule has 1 aromatic rings. The van der Waals surface area contributed by atoms with Gasteiger partial charge in [0.1, 0.15) is 6.04 Å². The molecule has 2 rings (SSSR count). The second kappa shape index (κ2) is 6.72. The van der Waals surface area contributed by atoms with E-state index in [4.69, 9.17) is 5.73 Å². The number of carbonyl (C=O) groups is 2. The number of rotatable bonds is 4. The maximum Gasteiger partial charge on any atom is 0.242 e.